The normalized spacial score (nSPS) is 11.6. The third kappa shape index (κ3) is 5.50. The van der Waals surface area contributed by atoms with Crippen molar-refractivity contribution in [2.75, 3.05) is 27.4 Å². The Morgan fingerprint density at radius 3 is 2.52 bits per heavy atom. The molecule has 0 saturated carbocycles. The van der Waals surface area contributed by atoms with Gasteiger partial charge >= 0.3 is 0 Å². The van der Waals surface area contributed by atoms with Gasteiger partial charge in [0.25, 0.3) is 5.91 Å². The number of carbonyl (C=O) groups excluding carboxylic acids is 1. The van der Waals surface area contributed by atoms with Crippen molar-refractivity contribution >= 4 is 5.91 Å². The molecular formula is C20H25NO4. The molecule has 2 rings (SSSR count). The van der Waals surface area contributed by atoms with E-state index in [-0.39, 0.29) is 12.0 Å². The predicted molar refractivity (Wildman–Crippen MR) is 97.3 cm³/mol. The number of carbonyl (C=O) groups is 1. The van der Waals surface area contributed by atoms with Gasteiger partial charge in [-0.15, -0.1) is 0 Å². The zero-order valence-corrected chi connectivity index (χ0v) is 15.0. The molecule has 134 valence electrons. The zero-order chi connectivity index (χ0) is 18.1. The number of methoxy groups -OCH3 is 2. The number of amides is 1. The number of ether oxygens (including phenoxy) is 3. The lowest BCUT2D eigenvalue weighted by molar-refractivity contribution is 0.0635. The number of hydrogen-bond acceptors (Lipinski definition) is 4. The summed E-state index contributed by atoms with van der Waals surface area (Å²) in [5.41, 5.74) is 1.64. The van der Waals surface area contributed by atoms with Gasteiger partial charge in [0, 0.05) is 19.2 Å². The Morgan fingerprint density at radius 2 is 1.84 bits per heavy atom. The molecule has 0 bridgehead atoms. The fourth-order valence-corrected chi connectivity index (χ4v) is 2.44. The molecule has 0 aliphatic carbocycles. The van der Waals surface area contributed by atoms with Gasteiger partial charge in [-0.05, 0) is 31.0 Å². The molecule has 0 aliphatic rings. The van der Waals surface area contributed by atoms with E-state index in [4.69, 9.17) is 14.2 Å². The first kappa shape index (κ1) is 18.8. The Hall–Kier alpha value is -2.53. The molecule has 5 nitrogen and oxygen atoms in total. The number of nitrogens with one attached hydrogen (secondary N) is 1. The van der Waals surface area contributed by atoms with Gasteiger partial charge in [0.15, 0.2) is 0 Å². The lowest BCUT2D eigenvalue weighted by Gasteiger charge is -2.14. The van der Waals surface area contributed by atoms with Gasteiger partial charge in [-0.25, -0.2) is 0 Å². The summed E-state index contributed by atoms with van der Waals surface area (Å²) < 4.78 is 16.2. The minimum Gasteiger partial charge on any atom is -0.497 e. The van der Waals surface area contributed by atoms with Crippen LogP contribution in [0.4, 0.5) is 0 Å². The maximum atomic E-state index is 12.3. The second-order valence-electron chi connectivity index (χ2n) is 5.60. The molecule has 0 aromatic heterocycles. The van der Waals surface area contributed by atoms with Gasteiger partial charge in [0.2, 0.25) is 0 Å². The molecule has 1 N–H and O–H groups in total. The molecule has 5 heteroatoms. The molecule has 1 amide bonds. The van der Waals surface area contributed by atoms with E-state index in [1.165, 1.54) is 7.11 Å². The maximum absolute atomic E-state index is 12.3. The Morgan fingerprint density at radius 1 is 1.08 bits per heavy atom. The largest absolute Gasteiger partial charge is 0.497 e. The average molecular weight is 343 g/mol. The van der Waals surface area contributed by atoms with Crippen LogP contribution in [0.15, 0.2) is 48.5 Å². The molecular weight excluding hydrogens is 318 g/mol. The van der Waals surface area contributed by atoms with Gasteiger partial charge in [-0.1, -0.05) is 30.3 Å². The molecule has 0 aliphatic heterocycles. The number of rotatable bonds is 9. The molecule has 0 radical (unpaired) electrons. The van der Waals surface area contributed by atoms with Crippen LogP contribution in [-0.4, -0.2) is 33.3 Å². The summed E-state index contributed by atoms with van der Waals surface area (Å²) in [6.45, 7) is 3.14. The van der Waals surface area contributed by atoms with E-state index in [0.29, 0.717) is 30.2 Å². The molecule has 0 unspecified atom stereocenters. The lowest BCUT2D eigenvalue weighted by atomic mass is 10.1. The second-order valence-corrected chi connectivity index (χ2v) is 5.60. The predicted octanol–water partition coefficient (Wildman–Crippen LogP) is 3.60. The van der Waals surface area contributed by atoms with Crippen LogP contribution in [-0.2, 0) is 4.74 Å². The van der Waals surface area contributed by atoms with Crippen LogP contribution < -0.4 is 14.8 Å². The smallest absolute Gasteiger partial charge is 0.255 e. The summed E-state index contributed by atoms with van der Waals surface area (Å²) >= 11 is 0. The number of hydrogen-bond donors (Lipinski definition) is 1. The SMILES string of the molecule is COc1ccc(C(=O)NCCCO[C@@H](C)c2ccccc2)c(OC)c1. The van der Waals surface area contributed by atoms with Crippen LogP contribution in [0, 0.1) is 0 Å². The molecule has 1 atom stereocenters. The van der Waals surface area contributed by atoms with Crippen LogP contribution in [0.3, 0.4) is 0 Å². The standard InChI is InChI=1S/C20H25NO4/c1-15(16-8-5-4-6-9-16)25-13-7-12-21-20(22)18-11-10-17(23-2)14-19(18)24-3/h4-6,8-11,14-15H,7,12-13H2,1-3H3,(H,21,22)/t15-/m0/s1. The van der Waals surface area contributed by atoms with Crippen molar-refractivity contribution in [3.63, 3.8) is 0 Å². The highest BCUT2D eigenvalue weighted by molar-refractivity contribution is 5.97. The minimum atomic E-state index is -0.171. The topological polar surface area (TPSA) is 56.8 Å². The third-order valence-electron chi connectivity index (χ3n) is 3.90. The van der Waals surface area contributed by atoms with E-state index in [2.05, 4.69) is 5.32 Å². The Labute approximate surface area is 148 Å². The Bertz CT molecular complexity index is 673. The van der Waals surface area contributed by atoms with E-state index in [1.54, 1.807) is 25.3 Å². The van der Waals surface area contributed by atoms with E-state index < -0.39 is 0 Å². The summed E-state index contributed by atoms with van der Waals surface area (Å²) in [5.74, 6) is 0.970. The third-order valence-corrected chi connectivity index (χ3v) is 3.90. The van der Waals surface area contributed by atoms with Gasteiger partial charge in [-0.3, -0.25) is 4.79 Å². The van der Waals surface area contributed by atoms with E-state index in [0.717, 1.165) is 12.0 Å². The fraction of sp³-hybridized carbons (Fsp3) is 0.350. The van der Waals surface area contributed by atoms with Crippen LogP contribution in [0.5, 0.6) is 11.5 Å². The highest BCUT2D eigenvalue weighted by atomic mass is 16.5. The maximum Gasteiger partial charge on any atom is 0.255 e. The molecule has 0 heterocycles. The Kier molecular flexibility index (Phi) is 7.29. The van der Waals surface area contributed by atoms with Gasteiger partial charge < -0.3 is 19.5 Å². The Balaban J connectivity index is 1.75. The second kappa shape index (κ2) is 9.69. The van der Waals surface area contributed by atoms with E-state index in [9.17, 15) is 4.79 Å². The van der Waals surface area contributed by atoms with Crippen molar-refractivity contribution in [2.45, 2.75) is 19.4 Å². The molecule has 0 saturated heterocycles. The van der Waals surface area contributed by atoms with Crippen molar-refractivity contribution in [1.82, 2.24) is 5.32 Å². The molecule has 0 fully saturated rings. The van der Waals surface area contributed by atoms with Crippen LogP contribution >= 0.6 is 0 Å². The van der Waals surface area contributed by atoms with Crippen LogP contribution in [0.25, 0.3) is 0 Å². The first-order chi connectivity index (χ1) is 12.2. The van der Waals surface area contributed by atoms with E-state index in [1.807, 2.05) is 37.3 Å². The summed E-state index contributed by atoms with van der Waals surface area (Å²) in [6.07, 6.45) is 0.778. The first-order valence-corrected chi connectivity index (χ1v) is 8.32. The highest BCUT2D eigenvalue weighted by Gasteiger charge is 2.13. The molecule has 2 aromatic carbocycles. The van der Waals surface area contributed by atoms with Gasteiger partial charge in [-0.2, -0.15) is 0 Å². The molecule has 2 aromatic rings. The summed E-state index contributed by atoms with van der Waals surface area (Å²) in [4.78, 5) is 12.3. The van der Waals surface area contributed by atoms with E-state index >= 15 is 0 Å². The summed E-state index contributed by atoms with van der Waals surface area (Å²) in [7, 11) is 3.11. The van der Waals surface area contributed by atoms with Crippen molar-refractivity contribution < 1.29 is 19.0 Å². The number of benzene rings is 2. The summed E-state index contributed by atoms with van der Waals surface area (Å²) in [6, 6.07) is 15.2. The zero-order valence-electron chi connectivity index (χ0n) is 15.0. The quantitative estimate of drug-likeness (QED) is 0.707. The van der Waals surface area contributed by atoms with Gasteiger partial charge in [0.1, 0.15) is 11.5 Å². The highest BCUT2D eigenvalue weighted by Crippen LogP contribution is 2.24. The fourth-order valence-electron chi connectivity index (χ4n) is 2.44. The van der Waals surface area contributed by atoms with Crippen LogP contribution in [0.1, 0.15) is 35.4 Å². The van der Waals surface area contributed by atoms with Crippen molar-refractivity contribution in [1.29, 1.82) is 0 Å². The van der Waals surface area contributed by atoms with Crippen molar-refractivity contribution in [3.05, 3.63) is 59.7 Å². The summed E-state index contributed by atoms with van der Waals surface area (Å²) in [5, 5.41) is 2.88. The minimum absolute atomic E-state index is 0.0404. The van der Waals surface area contributed by atoms with Crippen molar-refractivity contribution in [3.8, 4) is 11.5 Å². The average Bonchev–Trinajstić information content (AvgIpc) is 2.67. The monoisotopic (exact) mass is 343 g/mol. The molecule has 0 spiro atoms. The lowest BCUT2D eigenvalue weighted by Crippen LogP contribution is -2.25. The van der Waals surface area contributed by atoms with Crippen LogP contribution in [0.2, 0.25) is 0 Å². The van der Waals surface area contributed by atoms with Gasteiger partial charge in [0.05, 0.1) is 25.9 Å². The first-order valence-electron chi connectivity index (χ1n) is 8.32. The van der Waals surface area contributed by atoms with Crippen molar-refractivity contribution in [2.24, 2.45) is 0 Å². The molecule has 25 heavy (non-hydrogen) atoms.